The van der Waals surface area contributed by atoms with Crippen molar-refractivity contribution in [1.29, 1.82) is 0 Å². The number of halogens is 3. The van der Waals surface area contributed by atoms with Gasteiger partial charge in [0.05, 0.1) is 16.6 Å². The van der Waals surface area contributed by atoms with Crippen LogP contribution in [0.3, 0.4) is 0 Å². The number of alkyl halides is 3. The summed E-state index contributed by atoms with van der Waals surface area (Å²) in [6, 6.07) is 11.3. The molecule has 1 fully saturated rings. The molecule has 0 spiro atoms. The van der Waals surface area contributed by atoms with Gasteiger partial charge < -0.3 is 14.8 Å². The lowest BCUT2D eigenvalue weighted by molar-refractivity contribution is -0.137. The van der Waals surface area contributed by atoms with Crippen molar-refractivity contribution >= 4 is 22.8 Å². The van der Waals surface area contributed by atoms with E-state index in [1.165, 1.54) is 21.6 Å². The van der Waals surface area contributed by atoms with E-state index in [-0.39, 0.29) is 49.9 Å². The minimum atomic E-state index is -4.53. The van der Waals surface area contributed by atoms with Gasteiger partial charge in [-0.05, 0) is 30.3 Å². The largest absolute Gasteiger partial charge is 0.416 e. The van der Waals surface area contributed by atoms with Gasteiger partial charge >= 0.3 is 11.9 Å². The van der Waals surface area contributed by atoms with Gasteiger partial charge in [-0.15, -0.1) is 0 Å². The molecule has 0 bridgehead atoms. The van der Waals surface area contributed by atoms with Gasteiger partial charge in [0.2, 0.25) is 5.91 Å². The van der Waals surface area contributed by atoms with Crippen molar-refractivity contribution in [2.75, 3.05) is 26.2 Å². The number of imidazole rings is 1. The summed E-state index contributed by atoms with van der Waals surface area (Å²) in [5.74, 6) is -0.774. The quantitative estimate of drug-likeness (QED) is 0.690. The van der Waals surface area contributed by atoms with Crippen molar-refractivity contribution in [2.45, 2.75) is 12.7 Å². The van der Waals surface area contributed by atoms with Crippen LogP contribution in [-0.2, 0) is 17.5 Å². The number of fused-ring (bicyclic) bond motifs is 1. The van der Waals surface area contributed by atoms with E-state index in [0.29, 0.717) is 11.0 Å². The first-order chi connectivity index (χ1) is 14.7. The lowest BCUT2D eigenvalue weighted by atomic mass is 10.1. The fraction of sp³-hybridized carbons (Fsp3) is 0.286. The lowest BCUT2D eigenvalue weighted by Gasteiger charge is -2.35. The molecule has 1 N–H and O–H groups in total. The molecule has 0 atom stereocenters. The Labute approximate surface area is 174 Å². The SMILES string of the molecule is O=C(Cn1c(=O)[nH]c2ccccc21)N1CCN(C(=O)c2cccc(C(F)(F)F)c2)CC1. The number of benzene rings is 2. The Bertz CT molecular complexity index is 1190. The molecule has 2 amide bonds. The molecule has 4 rings (SSSR count). The zero-order chi connectivity index (χ0) is 22.2. The molecule has 1 aliphatic rings. The van der Waals surface area contributed by atoms with E-state index in [9.17, 15) is 27.6 Å². The number of hydrogen-bond donors (Lipinski definition) is 1. The second-order valence-electron chi connectivity index (χ2n) is 7.28. The summed E-state index contributed by atoms with van der Waals surface area (Å²) < 4.78 is 40.1. The smallest absolute Gasteiger partial charge is 0.338 e. The van der Waals surface area contributed by atoms with Gasteiger partial charge in [-0.25, -0.2) is 4.79 Å². The van der Waals surface area contributed by atoms with Crippen LogP contribution in [0.2, 0.25) is 0 Å². The average molecular weight is 432 g/mol. The minimum absolute atomic E-state index is 0.0417. The zero-order valence-electron chi connectivity index (χ0n) is 16.4. The number of carbonyl (C=O) groups excluding carboxylic acids is 2. The van der Waals surface area contributed by atoms with Crippen LogP contribution in [0.25, 0.3) is 11.0 Å². The van der Waals surface area contributed by atoms with Gasteiger partial charge in [0.1, 0.15) is 6.54 Å². The molecule has 3 aromatic rings. The second kappa shape index (κ2) is 7.93. The molecule has 10 heteroatoms. The van der Waals surface area contributed by atoms with Gasteiger partial charge in [0, 0.05) is 31.7 Å². The highest BCUT2D eigenvalue weighted by Crippen LogP contribution is 2.29. The molecule has 0 unspecified atom stereocenters. The van der Waals surface area contributed by atoms with Gasteiger partial charge in [0.25, 0.3) is 5.91 Å². The molecule has 162 valence electrons. The molecule has 1 aliphatic heterocycles. The summed E-state index contributed by atoms with van der Waals surface area (Å²) in [5, 5.41) is 0. The number of rotatable bonds is 3. The van der Waals surface area contributed by atoms with Crippen LogP contribution in [0.1, 0.15) is 15.9 Å². The number of nitrogens with zero attached hydrogens (tertiary/aromatic N) is 3. The summed E-state index contributed by atoms with van der Waals surface area (Å²) in [5.41, 5.74) is -0.0415. The molecule has 0 radical (unpaired) electrons. The highest BCUT2D eigenvalue weighted by atomic mass is 19.4. The topological polar surface area (TPSA) is 78.4 Å². The molecule has 2 aromatic carbocycles. The molecule has 1 saturated heterocycles. The molecule has 31 heavy (non-hydrogen) atoms. The maximum Gasteiger partial charge on any atom is 0.416 e. The maximum atomic E-state index is 12.9. The number of nitrogens with one attached hydrogen (secondary N) is 1. The van der Waals surface area contributed by atoms with E-state index >= 15 is 0 Å². The highest BCUT2D eigenvalue weighted by molar-refractivity contribution is 5.94. The predicted octanol–water partition coefficient (Wildman–Crippen LogP) is 2.33. The predicted molar refractivity (Wildman–Crippen MR) is 106 cm³/mol. The first-order valence-electron chi connectivity index (χ1n) is 9.66. The third kappa shape index (κ3) is 4.18. The molecule has 1 aromatic heterocycles. The fourth-order valence-corrected chi connectivity index (χ4v) is 3.67. The summed E-state index contributed by atoms with van der Waals surface area (Å²) in [7, 11) is 0. The van der Waals surface area contributed by atoms with Crippen LogP contribution < -0.4 is 5.69 Å². The van der Waals surface area contributed by atoms with E-state index < -0.39 is 17.6 Å². The first kappa shape index (κ1) is 20.7. The van der Waals surface area contributed by atoms with Crippen LogP contribution in [0.5, 0.6) is 0 Å². The van der Waals surface area contributed by atoms with Gasteiger partial charge in [-0.3, -0.25) is 14.2 Å². The third-order valence-corrected chi connectivity index (χ3v) is 5.33. The average Bonchev–Trinajstić information content (AvgIpc) is 3.08. The van der Waals surface area contributed by atoms with E-state index in [0.717, 1.165) is 12.1 Å². The highest BCUT2D eigenvalue weighted by Gasteiger charge is 2.32. The Hall–Kier alpha value is -3.56. The molecular formula is C21H19F3N4O3. The maximum absolute atomic E-state index is 12.9. The molecule has 7 nitrogen and oxygen atoms in total. The molecule has 2 heterocycles. The number of para-hydroxylation sites is 2. The molecular weight excluding hydrogens is 413 g/mol. The van der Waals surface area contributed by atoms with Gasteiger partial charge in [0.15, 0.2) is 0 Å². The number of amides is 2. The van der Waals surface area contributed by atoms with Crippen molar-refractivity contribution < 1.29 is 22.8 Å². The van der Waals surface area contributed by atoms with Crippen molar-refractivity contribution in [3.63, 3.8) is 0 Å². The Balaban J connectivity index is 1.40. The Morgan fingerprint density at radius 3 is 2.32 bits per heavy atom. The van der Waals surface area contributed by atoms with Gasteiger partial charge in [-0.1, -0.05) is 18.2 Å². The summed E-state index contributed by atoms with van der Waals surface area (Å²) in [6.45, 7) is 0.735. The number of piperazine rings is 1. The summed E-state index contributed by atoms with van der Waals surface area (Å²) in [6.07, 6.45) is -4.53. The van der Waals surface area contributed by atoms with Crippen molar-refractivity contribution in [2.24, 2.45) is 0 Å². The molecule has 0 aliphatic carbocycles. The van der Waals surface area contributed by atoms with E-state index in [2.05, 4.69) is 4.98 Å². The van der Waals surface area contributed by atoms with Crippen LogP contribution in [0, 0.1) is 0 Å². The van der Waals surface area contributed by atoms with E-state index in [1.54, 1.807) is 29.2 Å². The Morgan fingerprint density at radius 2 is 1.61 bits per heavy atom. The van der Waals surface area contributed by atoms with Crippen LogP contribution in [0.4, 0.5) is 13.2 Å². The number of hydrogen-bond acceptors (Lipinski definition) is 3. The van der Waals surface area contributed by atoms with Crippen molar-refractivity contribution in [3.8, 4) is 0 Å². The third-order valence-electron chi connectivity index (χ3n) is 5.33. The summed E-state index contributed by atoms with van der Waals surface area (Å²) >= 11 is 0. The minimum Gasteiger partial charge on any atom is -0.338 e. The summed E-state index contributed by atoms with van der Waals surface area (Å²) in [4.78, 5) is 43.1. The fourth-order valence-electron chi connectivity index (χ4n) is 3.67. The van der Waals surface area contributed by atoms with Crippen LogP contribution >= 0.6 is 0 Å². The number of carbonyl (C=O) groups is 2. The number of H-pyrrole nitrogens is 1. The first-order valence-corrected chi connectivity index (χ1v) is 9.66. The Morgan fingerprint density at radius 1 is 0.935 bits per heavy atom. The molecule has 0 saturated carbocycles. The number of aromatic nitrogens is 2. The van der Waals surface area contributed by atoms with Crippen molar-refractivity contribution in [1.82, 2.24) is 19.4 Å². The van der Waals surface area contributed by atoms with Crippen LogP contribution in [0.15, 0.2) is 53.3 Å². The van der Waals surface area contributed by atoms with Crippen molar-refractivity contribution in [3.05, 3.63) is 70.1 Å². The standard InChI is InChI=1S/C21H19F3N4O3/c22-21(23,24)15-5-3-4-14(12-15)19(30)27-10-8-26(9-11-27)18(29)13-28-17-7-2-1-6-16(17)25-20(28)31/h1-7,12H,8-11,13H2,(H,25,31). The number of aromatic amines is 1. The normalized spacial score (nSPS) is 14.8. The lowest BCUT2D eigenvalue weighted by Crippen LogP contribution is -2.51. The Kier molecular flexibility index (Phi) is 5.30. The van der Waals surface area contributed by atoms with Gasteiger partial charge in [-0.2, -0.15) is 13.2 Å². The van der Waals surface area contributed by atoms with Crippen LogP contribution in [-0.4, -0.2) is 57.3 Å². The monoisotopic (exact) mass is 432 g/mol. The zero-order valence-corrected chi connectivity index (χ0v) is 16.4. The second-order valence-corrected chi connectivity index (χ2v) is 7.28. The van der Waals surface area contributed by atoms with E-state index in [1.807, 2.05) is 0 Å². The van der Waals surface area contributed by atoms with E-state index in [4.69, 9.17) is 0 Å².